The van der Waals surface area contributed by atoms with E-state index in [1.807, 2.05) is 30.3 Å². The largest absolute Gasteiger partial charge is 0.457 e. The highest BCUT2D eigenvalue weighted by Crippen LogP contribution is 2.25. The zero-order valence-electron chi connectivity index (χ0n) is 21.3. The summed E-state index contributed by atoms with van der Waals surface area (Å²) in [5.41, 5.74) is 2.80. The van der Waals surface area contributed by atoms with Crippen LogP contribution in [0.25, 0.3) is 5.70 Å². The van der Waals surface area contributed by atoms with Crippen LogP contribution in [0.1, 0.15) is 24.8 Å². The molecule has 0 aliphatic heterocycles. The fourth-order valence-corrected chi connectivity index (χ4v) is 3.73. The first-order valence-electron chi connectivity index (χ1n) is 12.1. The van der Waals surface area contributed by atoms with Crippen LogP contribution in [-0.2, 0) is 4.79 Å². The quantitative estimate of drug-likeness (QED) is 0.316. The number of likely N-dealkylation sites (N-methyl/N-ethyl adjacent to an activating group) is 1. The number of aliphatic imine (C=N–C) groups is 1. The van der Waals surface area contributed by atoms with E-state index < -0.39 is 0 Å². The number of halogens is 1. The van der Waals surface area contributed by atoms with Crippen LogP contribution >= 0.6 is 0 Å². The molecule has 2 aromatic carbocycles. The van der Waals surface area contributed by atoms with Gasteiger partial charge >= 0.3 is 0 Å². The van der Waals surface area contributed by atoms with E-state index >= 15 is 0 Å². The van der Waals surface area contributed by atoms with E-state index in [1.165, 1.54) is 17.8 Å². The Hall–Kier alpha value is -3.77. The van der Waals surface area contributed by atoms with Crippen LogP contribution in [0.5, 0.6) is 11.5 Å². The molecule has 0 heterocycles. The van der Waals surface area contributed by atoms with E-state index in [4.69, 9.17) is 4.74 Å². The van der Waals surface area contributed by atoms with Crippen LogP contribution < -0.4 is 10.1 Å². The summed E-state index contributed by atoms with van der Waals surface area (Å²) in [6.07, 6.45) is 13.9. The van der Waals surface area contributed by atoms with Gasteiger partial charge in [0.05, 0.1) is 26.8 Å². The standard InChI is InChI=1S/C30H34FN3O2/c1-5-21-32-29(24-10-15-27(16-11-24)36-28-17-12-25(31)13-18-28)19-20-30(35)33-22-23-7-6-8-26(14-9-23)34(2,3)4/h5,8-19,21,23H,1,6-7,20,22H2,2-4H3/p+1/b29-19-,32-21?. The van der Waals surface area contributed by atoms with Crippen molar-refractivity contribution in [3.05, 3.63) is 103 Å². The first-order valence-corrected chi connectivity index (χ1v) is 12.1. The van der Waals surface area contributed by atoms with E-state index in [2.05, 4.69) is 56.3 Å². The molecule has 0 spiro atoms. The van der Waals surface area contributed by atoms with Gasteiger partial charge in [0.25, 0.3) is 0 Å². The lowest BCUT2D eigenvalue weighted by molar-refractivity contribution is -0.828. The molecule has 1 amide bonds. The molecule has 1 atom stereocenters. The predicted octanol–water partition coefficient (Wildman–Crippen LogP) is 6.28. The fraction of sp³-hybridized carbons (Fsp3) is 0.267. The maximum atomic E-state index is 13.1. The first kappa shape index (κ1) is 26.8. The van der Waals surface area contributed by atoms with E-state index in [0.29, 0.717) is 29.7 Å². The molecule has 2 aromatic rings. The van der Waals surface area contributed by atoms with Crippen LogP contribution in [0.2, 0.25) is 0 Å². The molecule has 3 rings (SSSR count). The molecule has 0 saturated carbocycles. The van der Waals surface area contributed by atoms with Gasteiger partial charge in [0.15, 0.2) is 0 Å². The second-order valence-electron chi connectivity index (χ2n) is 9.53. The van der Waals surface area contributed by atoms with E-state index in [1.54, 1.807) is 24.4 Å². The summed E-state index contributed by atoms with van der Waals surface area (Å²) >= 11 is 0. The van der Waals surface area contributed by atoms with Crippen molar-refractivity contribution in [3.63, 3.8) is 0 Å². The van der Waals surface area contributed by atoms with Crippen molar-refractivity contribution in [1.29, 1.82) is 0 Å². The van der Waals surface area contributed by atoms with Gasteiger partial charge in [0.1, 0.15) is 23.0 Å². The Morgan fingerprint density at radius 3 is 2.44 bits per heavy atom. The van der Waals surface area contributed by atoms with Crippen molar-refractivity contribution < 1.29 is 18.4 Å². The Morgan fingerprint density at radius 1 is 1.14 bits per heavy atom. The minimum absolute atomic E-state index is 0.0463. The first-order chi connectivity index (χ1) is 17.2. The predicted molar refractivity (Wildman–Crippen MR) is 145 cm³/mol. The Bertz CT molecular complexity index is 1150. The zero-order chi connectivity index (χ0) is 26.0. The van der Waals surface area contributed by atoms with Gasteiger partial charge in [-0.2, -0.15) is 0 Å². The van der Waals surface area contributed by atoms with Gasteiger partial charge in [-0.25, -0.2) is 4.39 Å². The fourth-order valence-electron chi connectivity index (χ4n) is 3.73. The number of nitrogens with one attached hydrogen (secondary N) is 1. The van der Waals surface area contributed by atoms with Crippen LogP contribution in [0.15, 0.2) is 96.2 Å². The highest BCUT2D eigenvalue weighted by Gasteiger charge is 2.17. The van der Waals surface area contributed by atoms with Crippen molar-refractivity contribution in [2.75, 3.05) is 27.7 Å². The van der Waals surface area contributed by atoms with Crippen molar-refractivity contribution in [1.82, 2.24) is 5.32 Å². The molecule has 0 radical (unpaired) electrons. The third-order valence-electron chi connectivity index (χ3n) is 5.77. The maximum absolute atomic E-state index is 13.1. The molecule has 0 bridgehead atoms. The zero-order valence-corrected chi connectivity index (χ0v) is 21.3. The van der Waals surface area contributed by atoms with Gasteiger partial charge in [-0.15, -0.1) is 0 Å². The normalized spacial score (nSPS) is 16.4. The van der Waals surface area contributed by atoms with Gasteiger partial charge in [-0.1, -0.05) is 18.7 Å². The molecule has 0 aromatic heterocycles. The highest BCUT2D eigenvalue weighted by molar-refractivity contribution is 5.83. The van der Waals surface area contributed by atoms with Gasteiger partial charge in [0.2, 0.25) is 5.91 Å². The number of carbonyl (C=O) groups excluding carboxylic acids is 1. The third-order valence-corrected chi connectivity index (χ3v) is 5.77. The molecule has 0 fully saturated rings. The molecule has 1 aliphatic rings. The summed E-state index contributed by atoms with van der Waals surface area (Å²) in [5, 5.41) is 3.06. The van der Waals surface area contributed by atoms with Gasteiger partial charge in [-0.3, -0.25) is 14.3 Å². The summed E-state index contributed by atoms with van der Waals surface area (Å²) < 4.78 is 19.6. The molecule has 5 nitrogen and oxygen atoms in total. The SMILES string of the molecule is C=CC=N/C(=C\CC(=O)NCC1C=CC([N+](C)(C)C)=CCC1)c1ccc(Oc2ccc(F)cc2)cc1. The molecule has 36 heavy (non-hydrogen) atoms. The number of allylic oxidation sites excluding steroid dienone is 3. The number of quaternary nitrogens is 1. The highest BCUT2D eigenvalue weighted by atomic mass is 19.1. The van der Waals surface area contributed by atoms with Crippen LogP contribution in [0.3, 0.4) is 0 Å². The molecule has 0 saturated heterocycles. The number of hydrogen-bond acceptors (Lipinski definition) is 3. The monoisotopic (exact) mass is 488 g/mol. The summed E-state index contributed by atoms with van der Waals surface area (Å²) in [5.74, 6) is 1.12. The summed E-state index contributed by atoms with van der Waals surface area (Å²) in [6, 6.07) is 13.2. The molecule has 188 valence electrons. The summed E-state index contributed by atoms with van der Waals surface area (Å²) in [6.45, 7) is 4.30. The number of nitrogens with zero attached hydrogens (tertiary/aromatic N) is 2. The van der Waals surface area contributed by atoms with Crippen LogP contribution in [0.4, 0.5) is 4.39 Å². The molecular formula is C30H35FN3O2+. The third kappa shape index (κ3) is 8.47. The lowest BCUT2D eigenvalue weighted by atomic mass is 10.0. The van der Waals surface area contributed by atoms with Gasteiger partial charge in [-0.05, 0) is 85.5 Å². The maximum Gasteiger partial charge on any atom is 0.223 e. The van der Waals surface area contributed by atoms with E-state index in [9.17, 15) is 9.18 Å². The summed E-state index contributed by atoms with van der Waals surface area (Å²) in [7, 11) is 6.47. The molecule has 1 aliphatic carbocycles. The van der Waals surface area contributed by atoms with Gasteiger partial charge in [0, 0.05) is 24.7 Å². The molecular weight excluding hydrogens is 453 g/mol. The molecule has 1 N–H and O–H groups in total. The minimum Gasteiger partial charge on any atom is -0.457 e. The number of rotatable bonds is 10. The molecule has 1 unspecified atom stereocenters. The van der Waals surface area contributed by atoms with E-state index in [-0.39, 0.29) is 18.1 Å². The topological polar surface area (TPSA) is 50.7 Å². The number of carbonyl (C=O) groups is 1. The lowest BCUT2D eigenvalue weighted by Gasteiger charge is -2.24. The number of hydrogen-bond donors (Lipinski definition) is 1. The van der Waals surface area contributed by atoms with E-state index in [0.717, 1.165) is 22.9 Å². The summed E-state index contributed by atoms with van der Waals surface area (Å²) in [4.78, 5) is 17.0. The number of ether oxygens (including phenoxy) is 1. The van der Waals surface area contributed by atoms with Gasteiger partial charge < -0.3 is 10.1 Å². The second-order valence-corrected chi connectivity index (χ2v) is 9.53. The number of benzene rings is 2. The smallest absolute Gasteiger partial charge is 0.223 e. The lowest BCUT2D eigenvalue weighted by Crippen LogP contribution is -2.32. The number of amides is 1. The van der Waals surface area contributed by atoms with Crippen LogP contribution in [0, 0.1) is 11.7 Å². The Labute approximate surface area is 213 Å². The van der Waals surface area contributed by atoms with Crippen LogP contribution in [-0.4, -0.2) is 44.3 Å². The average Bonchev–Trinajstić information content (AvgIpc) is 3.11. The van der Waals surface area contributed by atoms with Crippen molar-refractivity contribution in [2.24, 2.45) is 10.9 Å². The Kier molecular flexibility index (Phi) is 9.53. The van der Waals surface area contributed by atoms with Crippen molar-refractivity contribution >= 4 is 17.8 Å². The molecule has 6 heteroatoms. The second kappa shape index (κ2) is 12.8. The average molecular weight is 489 g/mol. The van der Waals surface area contributed by atoms with Crippen molar-refractivity contribution in [2.45, 2.75) is 19.3 Å². The minimum atomic E-state index is -0.312. The Balaban J connectivity index is 1.59. The van der Waals surface area contributed by atoms with Crippen molar-refractivity contribution in [3.8, 4) is 11.5 Å². The Morgan fingerprint density at radius 2 is 1.81 bits per heavy atom.